The van der Waals surface area contributed by atoms with Gasteiger partial charge in [-0.15, -0.1) is 23.2 Å². The largest absolute Gasteiger partial charge is 0.465 e. The molecule has 0 radical (unpaired) electrons. The van der Waals surface area contributed by atoms with E-state index in [2.05, 4.69) is 10.1 Å². The van der Waals surface area contributed by atoms with Crippen molar-refractivity contribution in [1.29, 1.82) is 0 Å². The number of amides is 3. The van der Waals surface area contributed by atoms with Gasteiger partial charge in [-0.1, -0.05) is 55.0 Å². The summed E-state index contributed by atoms with van der Waals surface area (Å²) < 4.78 is 4.68. The van der Waals surface area contributed by atoms with Crippen LogP contribution in [-0.2, 0) is 28.9 Å². The Kier molecular flexibility index (Phi) is 6.91. The molecule has 7 rings (SSSR count). The van der Waals surface area contributed by atoms with E-state index < -0.39 is 27.6 Å². The van der Waals surface area contributed by atoms with Crippen molar-refractivity contribution in [3.63, 3.8) is 0 Å². The first-order valence-electron chi connectivity index (χ1n) is 13.6. The third kappa shape index (κ3) is 4.09. The Hall–Kier alpha value is -3.68. The topological polar surface area (TPSA) is 92.8 Å². The molecule has 3 aromatic rings. The van der Waals surface area contributed by atoms with Gasteiger partial charge >= 0.3 is 5.97 Å². The van der Waals surface area contributed by atoms with E-state index in [1.165, 1.54) is 12.0 Å². The third-order valence-electron chi connectivity index (χ3n) is 8.55. The molecule has 0 aromatic heterocycles. The van der Waals surface area contributed by atoms with Crippen molar-refractivity contribution in [2.24, 2.45) is 11.8 Å². The van der Waals surface area contributed by atoms with Crippen LogP contribution in [-0.4, -0.2) is 42.2 Å². The molecule has 3 aromatic carbocycles. The summed E-state index contributed by atoms with van der Waals surface area (Å²) in [4.78, 5) is 50.6. The van der Waals surface area contributed by atoms with Gasteiger partial charge in [-0.05, 0) is 59.4 Å². The predicted octanol–water partition coefficient (Wildman–Crippen LogP) is 5.57. The number of halogens is 2. The van der Waals surface area contributed by atoms with Gasteiger partial charge in [-0.3, -0.25) is 19.3 Å². The molecule has 1 fully saturated rings. The zero-order valence-electron chi connectivity index (χ0n) is 22.4. The minimum Gasteiger partial charge on any atom is -0.465 e. The second-order valence-electron chi connectivity index (χ2n) is 10.7. The maximum Gasteiger partial charge on any atom is 0.337 e. The molecule has 1 heterocycles. The van der Waals surface area contributed by atoms with Crippen LogP contribution in [0.1, 0.15) is 58.3 Å². The number of unbranched alkanes of at least 4 members (excludes halogenated alkanes) is 2. The number of hydrogen-bond acceptors (Lipinski definition) is 5. The highest BCUT2D eigenvalue weighted by atomic mass is 35.5. The number of hydrogen-bond donors (Lipinski definition) is 1. The van der Waals surface area contributed by atoms with E-state index in [1.54, 1.807) is 24.3 Å². The SMILES string of the molecule is COC(=O)c1ccc(NC(=O)CCCCCN2C(=O)[C@H]3[C@H](C2=O)C2(Cl)c4ccccc4C3(Cl)c3ccccc32)cc1. The van der Waals surface area contributed by atoms with E-state index in [-0.39, 0.29) is 30.7 Å². The molecule has 7 nitrogen and oxygen atoms in total. The summed E-state index contributed by atoms with van der Waals surface area (Å²) in [5, 5.41) is 2.81. The molecular formula is C32H28Cl2N2O5. The molecule has 41 heavy (non-hydrogen) atoms. The number of benzene rings is 3. The number of imide groups is 1. The van der Waals surface area contributed by atoms with E-state index in [9.17, 15) is 19.2 Å². The standard InChI is InChI=1S/C32H28Cl2N2O5/c1-41-30(40)19-14-16-20(17-15-19)35-25(37)13-3-2-8-18-36-28(38)26-27(29(36)39)32(34)22-10-5-4-9-21(22)31(26,33)23-11-6-7-12-24(23)32/h4-7,9-12,14-17,26-27H,2-3,8,13,18H2,1H3,(H,35,37)/t26-,27-,31?,32?/m1/s1. The fraction of sp³-hybridized carbons (Fsp3) is 0.312. The number of anilines is 1. The Morgan fingerprint density at radius 3 is 1.73 bits per heavy atom. The number of methoxy groups -OCH3 is 1. The number of nitrogens with one attached hydrogen (secondary N) is 1. The number of rotatable bonds is 8. The molecule has 2 atom stereocenters. The van der Waals surface area contributed by atoms with Crippen LogP contribution in [0.3, 0.4) is 0 Å². The second kappa shape index (κ2) is 10.3. The van der Waals surface area contributed by atoms with Gasteiger partial charge in [0.15, 0.2) is 0 Å². The fourth-order valence-corrected chi connectivity index (χ4v) is 7.81. The maximum atomic E-state index is 13.8. The number of nitrogens with zero attached hydrogens (tertiary/aromatic N) is 1. The van der Waals surface area contributed by atoms with Crippen molar-refractivity contribution < 1.29 is 23.9 Å². The van der Waals surface area contributed by atoms with Crippen LogP contribution in [0.5, 0.6) is 0 Å². The van der Waals surface area contributed by atoms with Gasteiger partial charge in [0.1, 0.15) is 9.75 Å². The van der Waals surface area contributed by atoms with Crippen molar-refractivity contribution in [1.82, 2.24) is 4.90 Å². The zero-order valence-corrected chi connectivity index (χ0v) is 23.9. The highest BCUT2D eigenvalue weighted by molar-refractivity contribution is 6.36. The Labute approximate surface area is 247 Å². The lowest BCUT2D eigenvalue weighted by Crippen LogP contribution is -2.57. The lowest BCUT2D eigenvalue weighted by Gasteiger charge is -2.54. The van der Waals surface area contributed by atoms with Crippen LogP contribution < -0.4 is 5.32 Å². The summed E-state index contributed by atoms with van der Waals surface area (Å²) in [5.41, 5.74) is 4.12. The smallest absolute Gasteiger partial charge is 0.337 e. The van der Waals surface area contributed by atoms with Crippen molar-refractivity contribution in [2.75, 3.05) is 19.0 Å². The van der Waals surface area contributed by atoms with E-state index in [1.807, 2.05) is 48.5 Å². The second-order valence-corrected chi connectivity index (χ2v) is 11.9. The molecule has 2 bridgehead atoms. The Bertz CT molecular complexity index is 1450. The molecular weight excluding hydrogens is 563 g/mol. The normalized spacial score (nSPS) is 25.4. The minimum atomic E-state index is -1.18. The van der Waals surface area contributed by atoms with Crippen molar-refractivity contribution in [3.8, 4) is 0 Å². The fourth-order valence-electron chi connectivity index (χ4n) is 6.71. The molecule has 9 heteroatoms. The van der Waals surface area contributed by atoms with Crippen LogP contribution in [0.15, 0.2) is 72.8 Å². The monoisotopic (exact) mass is 590 g/mol. The minimum absolute atomic E-state index is 0.157. The Balaban J connectivity index is 1.11. The van der Waals surface area contributed by atoms with Crippen molar-refractivity contribution in [3.05, 3.63) is 101 Å². The molecule has 0 spiro atoms. The van der Waals surface area contributed by atoms with E-state index in [0.29, 0.717) is 30.5 Å². The zero-order chi connectivity index (χ0) is 28.9. The van der Waals surface area contributed by atoms with Crippen LogP contribution >= 0.6 is 23.2 Å². The molecule has 1 N–H and O–H groups in total. The number of alkyl halides is 2. The molecule has 4 aliphatic rings. The van der Waals surface area contributed by atoms with Crippen molar-refractivity contribution >= 4 is 52.6 Å². The van der Waals surface area contributed by atoms with E-state index in [0.717, 1.165) is 22.3 Å². The molecule has 1 aliphatic heterocycles. The van der Waals surface area contributed by atoms with Gasteiger partial charge < -0.3 is 10.1 Å². The predicted molar refractivity (Wildman–Crippen MR) is 155 cm³/mol. The van der Waals surface area contributed by atoms with Gasteiger partial charge in [0.25, 0.3) is 0 Å². The highest BCUT2D eigenvalue weighted by Crippen LogP contribution is 2.69. The first kappa shape index (κ1) is 27.5. The number of likely N-dealkylation sites (tertiary alicyclic amines) is 1. The summed E-state index contributed by atoms with van der Waals surface area (Å²) in [5.74, 6) is -2.78. The molecule has 0 saturated carbocycles. The summed E-state index contributed by atoms with van der Waals surface area (Å²) in [6.45, 7) is 0.244. The Morgan fingerprint density at radius 1 is 0.780 bits per heavy atom. The number of carbonyl (C=O) groups excluding carboxylic acids is 4. The average molecular weight is 591 g/mol. The van der Waals surface area contributed by atoms with Gasteiger partial charge in [-0.2, -0.15) is 0 Å². The van der Waals surface area contributed by atoms with Crippen LogP contribution in [0.4, 0.5) is 5.69 Å². The van der Waals surface area contributed by atoms with Gasteiger partial charge in [0.05, 0.1) is 24.5 Å². The summed E-state index contributed by atoms with van der Waals surface area (Å²) in [7, 11) is 1.31. The first-order valence-corrected chi connectivity index (χ1v) is 14.4. The lowest BCUT2D eigenvalue weighted by atomic mass is 9.54. The quantitative estimate of drug-likeness (QED) is 0.160. The molecule has 3 amide bonds. The summed E-state index contributed by atoms with van der Waals surface area (Å²) in [6.07, 6.45) is 2.08. The van der Waals surface area contributed by atoms with Crippen LogP contribution in [0.25, 0.3) is 0 Å². The number of esters is 1. The van der Waals surface area contributed by atoms with Gasteiger partial charge in [0.2, 0.25) is 17.7 Å². The third-order valence-corrected chi connectivity index (χ3v) is 9.84. The van der Waals surface area contributed by atoms with Crippen LogP contribution in [0.2, 0.25) is 0 Å². The van der Waals surface area contributed by atoms with Crippen LogP contribution in [0, 0.1) is 11.8 Å². The van der Waals surface area contributed by atoms with Gasteiger partial charge in [0, 0.05) is 18.7 Å². The summed E-state index contributed by atoms with van der Waals surface area (Å²) >= 11 is 14.9. The average Bonchev–Trinajstić information content (AvgIpc) is 3.25. The van der Waals surface area contributed by atoms with E-state index >= 15 is 0 Å². The molecule has 210 valence electrons. The number of ether oxygens (including phenoxy) is 1. The molecule has 0 unspecified atom stereocenters. The molecule has 3 aliphatic carbocycles. The lowest BCUT2D eigenvalue weighted by molar-refractivity contribution is -0.140. The highest BCUT2D eigenvalue weighted by Gasteiger charge is 2.72. The summed E-state index contributed by atoms with van der Waals surface area (Å²) in [6, 6.07) is 21.6. The maximum absolute atomic E-state index is 13.8. The van der Waals surface area contributed by atoms with Gasteiger partial charge in [-0.25, -0.2) is 4.79 Å². The first-order chi connectivity index (χ1) is 19.7. The van der Waals surface area contributed by atoms with Crippen molar-refractivity contribution in [2.45, 2.75) is 35.4 Å². The molecule has 1 saturated heterocycles. The Morgan fingerprint density at radius 2 is 1.27 bits per heavy atom. The number of carbonyl (C=O) groups is 4. The van der Waals surface area contributed by atoms with E-state index in [4.69, 9.17) is 23.2 Å².